The summed E-state index contributed by atoms with van der Waals surface area (Å²) in [7, 11) is 3.79. The first kappa shape index (κ1) is 17.5. The number of hydrogen-bond acceptors (Lipinski definition) is 4. The molecule has 1 saturated heterocycles. The van der Waals surface area contributed by atoms with E-state index < -0.39 is 0 Å². The fraction of sp³-hybridized carbons (Fsp3) is 0.500. The van der Waals surface area contributed by atoms with Gasteiger partial charge >= 0.3 is 0 Å². The third-order valence-corrected chi connectivity index (χ3v) is 4.10. The molecule has 1 heterocycles. The zero-order valence-corrected chi connectivity index (χ0v) is 14.1. The van der Waals surface area contributed by atoms with Gasteiger partial charge in [0, 0.05) is 44.4 Å². The summed E-state index contributed by atoms with van der Waals surface area (Å²) in [6, 6.07) is 7.65. The summed E-state index contributed by atoms with van der Waals surface area (Å²) in [5.74, 6) is 0.709. The maximum atomic E-state index is 11.9. The minimum absolute atomic E-state index is 0.0608. The summed E-state index contributed by atoms with van der Waals surface area (Å²) in [4.78, 5) is 16.7. The largest absolute Gasteiger partial charge is 0.496 e. The van der Waals surface area contributed by atoms with Crippen molar-refractivity contribution in [1.29, 1.82) is 0 Å². The molecule has 0 radical (unpaired) electrons. The molecule has 0 saturated carbocycles. The molecule has 5 heteroatoms. The predicted molar refractivity (Wildman–Crippen MR) is 93.6 cm³/mol. The molecule has 1 aromatic carbocycles. The molecule has 5 nitrogen and oxygen atoms in total. The van der Waals surface area contributed by atoms with E-state index in [9.17, 15) is 4.79 Å². The molecule has 23 heavy (non-hydrogen) atoms. The summed E-state index contributed by atoms with van der Waals surface area (Å²) < 4.78 is 5.26. The molecule has 1 aliphatic heterocycles. The second-order valence-corrected chi connectivity index (χ2v) is 5.86. The van der Waals surface area contributed by atoms with Crippen LogP contribution in [0.4, 0.5) is 0 Å². The van der Waals surface area contributed by atoms with Crippen molar-refractivity contribution < 1.29 is 9.53 Å². The Balaban J connectivity index is 1.66. The number of likely N-dealkylation sites (N-methyl/N-ethyl adjacent to an activating group) is 1. The zero-order chi connectivity index (χ0) is 16.5. The zero-order valence-electron chi connectivity index (χ0n) is 14.1. The molecule has 0 bridgehead atoms. The van der Waals surface area contributed by atoms with E-state index in [1.807, 2.05) is 24.3 Å². The fourth-order valence-electron chi connectivity index (χ4n) is 2.61. The highest BCUT2D eigenvalue weighted by Crippen LogP contribution is 2.18. The van der Waals surface area contributed by atoms with Gasteiger partial charge in [-0.3, -0.25) is 4.79 Å². The van der Waals surface area contributed by atoms with Gasteiger partial charge in [0.25, 0.3) is 0 Å². The molecule has 1 amide bonds. The van der Waals surface area contributed by atoms with E-state index in [0.717, 1.165) is 50.5 Å². The number of carbonyl (C=O) groups is 1. The highest BCUT2D eigenvalue weighted by molar-refractivity contribution is 5.92. The van der Waals surface area contributed by atoms with E-state index in [4.69, 9.17) is 4.74 Å². The number of ether oxygens (including phenoxy) is 1. The van der Waals surface area contributed by atoms with Crippen LogP contribution < -0.4 is 10.1 Å². The van der Waals surface area contributed by atoms with Crippen LogP contribution in [0.1, 0.15) is 12.0 Å². The van der Waals surface area contributed by atoms with Crippen LogP contribution in [0.2, 0.25) is 0 Å². The predicted octanol–water partition coefficient (Wildman–Crippen LogP) is 1.46. The lowest BCUT2D eigenvalue weighted by atomic mass is 10.2. The minimum atomic E-state index is -0.0608. The van der Waals surface area contributed by atoms with Gasteiger partial charge in [0.05, 0.1) is 7.11 Å². The third kappa shape index (κ3) is 6.04. The van der Waals surface area contributed by atoms with Crippen LogP contribution >= 0.6 is 0 Å². The Hall–Kier alpha value is -1.85. The number of nitrogens with zero attached hydrogens (tertiary/aromatic N) is 2. The van der Waals surface area contributed by atoms with E-state index >= 15 is 0 Å². The van der Waals surface area contributed by atoms with E-state index in [1.54, 1.807) is 19.3 Å². The Labute approximate surface area is 138 Å². The van der Waals surface area contributed by atoms with Gasteiger partial charge in [-0.25, -0.2) is 0 Å². The highest BCUT2D eigenvalue weighted by Gasteiger charge is 2.12. The summed E-state index contributed by atoms with van der Waals surface area (Å²) in [6.07, 6.45) is 4.33. The molecular formula is C18H27N3O2. The number of hydrogen-bond donors (Lipinski definition) is 1. The van der Waals surface area contributed by atoms with Crippen molar-refractivity contribution in [2.45, 2.75) is 6.42 Å². The van der Waals surface area contributed by atoms with Crippen LogP contribution in [0.15, 0.2) is 30.3 Å². The smallest absolute Gasteiger partial charge is 0.244 e. The average molecular weight is 317 g/mol. The number of para-hydroxylation sites is 1. The van der Waals surface area contributed by atoms with E-state index in [-0.39, 0.29) is 5.91 Å². The Morgan fingerprint density at radius 2 is 2.00 bits per heavy atom. The van der Waals surface area contributed by atoms with Crippen molar-refractivity contribution >= 4 is 12.0 Å². The van der Waals surface area contributed by atoms with Gasteiger partial charge < -0.3 is 19.9 Å². The summed E-state index contributed by atoms with van der Waals surface area (Å²) in [6.45, 7) is 6.27. The molecule has 2 rings (SSSR count). The normalized spacial score (nSPS) is 16.6. The van der Waals surface area contributed by atoms with Crippen LogP contribution in [0.3, 0.4) is 0 Å². The van der Waals surface area contributed by atoms with Gasteiger partial charge in [0.15, 0.2) is 0 Å². The topological polar surface area (TPSA) is 44.8 Å². The number of methoxy groups -OCH3 is 1. The maximum absolute atomic E-state index is 11.9. The Bertz CT molecular complexity index is 523. The first-order chi connectivity index (χ1) is 11.2. The first-order valence-corrected chi connectivity index (χ1v) is 8.19. The van der Waals surface area contributed by atoms with Crippen molar-refractivity contribution in [3.8, 4) is 5.75 Å². The van der Waals surface area contributed by atoms with Gasteiger partial charge in [-0.2, -0.15) is 0 Å². The lowest BCUT2D eigenvalue weighted by molar-refractivity contribution is -0.116. The number of carbonyl (C=O) groups excluding carboxylic acids is 1. The maximum Gasteiger partial charge on any atom is 0.244 e. The van der Waals surface area contributed by atoms with Crippen LogP contribution in [0.5, 0.6) is 5.75 Å². The molecule has 1 aliphatic rings. The lowest BCUT2D eigenvalue weighted by Gasteiger charge is -2.32. The number of piperazine rings is 1. The summed E-state index contributed by atoms with van der Waals surface area (Å²) in [5, 5.41) is 2.94. The number of benzene rings is 1. The van der Waals surface area contributed by atoms with Gasteiger partial charge in [-0.05, 0) is 32.2 Å². The molecule has 0 aliphatic carbocycles. The van der Waals surface area contributed by atoms with E-state index in [2.05, 4.69) is 22.2 Å². The molecule has 1 aromatic rings. The van der Waals surface area contributed by atoms with E-state index in [1.165, 1.54) is 0 Å². The van der Waals surface area contributed by atoms with Crippen LogP contribution in [-0.4, -0.2) is 69.1 Å². The number of rotatable bonds is 7. The average Bonchev–Trinajstić information content (AvgIpc) is 2.58. The summed E-state index contributed by atoms with van der Waals surface area (Å²) in [5.41, 5.74) is 0.905. The van der Waals surface area contributed by atoms with Gasteiger partial charge in [0.2, 0.25) is 5.91 Å². The highest BCUT2D eigenvalue weighted by atomic mass is 16.5. The SMILES string of the molecule is COc1ccccc1C=CC(=O)NCCCN1CCN(C)CC1. The minimum Gasteiger partial charge on any atom is -0.496 e. The Morgan fingerprint density at radius 1 is 1.26 bits per heavy atom. The monoisotopic (exact) mass is 317 g/mol. The second kappa shape index (κ2) is 9.33. The molecule has 1 fully saturated rings. The lowest BCUT2D eigenvalue weighted by Crippen LogP contribution is -2.45. The van der Waals surface area contributed by atoms with Crippen molar-refractivity contribution in [2.75, 3.05) is 53.4 Å². The first-order valence-electron chi connectivity index (χ1n) is 8.19. The fourth-order valence-corrected chi connectivity index (χ4v) is 2.61. The molecule has 0 aromatic heterocycles. The molecule has 1 N–H and O–H groups in total. The standard InChI is InChI=1S/C18H27N3O2/c1-20-12-14-21(15-13-20)11-5-10-19-18(22)9-8-16-6-3-4-7-17(16)23-2/h3-4,6-9H,5,10-15H2,1-2H3,(H,19,22). The number of nitrogens with one attached hydrogen (secondary N) is 1. The van der Waals surface area contributed by atoms with Crippen molar-refractivity contribution in [3.63, 3.8) is 0 Å². The van der Waals surface area contributed by atoms with Crippen LogP contribution in [0, 0.1) is 0 Å². The van der Waals surface area contributed by atoms with Crippen molar-refractivity contribution in [2.24, 2.45) is 0 Å². The summed E-state index contributed by atoms with van der Waals surface area (Å²) >= 11 is 0. The van der Waals surface area contributed by atoms with Crippen molar-refractivity contribution in [1.82, 2.24) is 15.1 Å². The molecule has 126 valence electrons. The molecular weight excluding hydrogens is 290 g/mol. The number of amides is 1. The van der Waals surface area contributed by atoms with Crippen molar-refractivity contribution in [3.05, 3.63) is 35.9 Å². The van der Waals surface area contributed by atoms with E-state index in [0.29, 0.717) is 6.54 Å². The van der Waals surface area contributed by atoms with Gasteiger partial charge in [-0.15, -0.1) is 0 Å². The van der Waals surface area contributed by atoms with Crippen LogP contribution in [0.25, 0.3) is 6.08 Å². The third-order valence-electron chi connectivity index (χ3n) is 4.10. The quantitative estimate of drug-likeness (QED) is 0.611. The van der Waals surface area contributed by atoms with Gasteiger partial charge in [-0.1, -0.05) is 18.2 Å². The Morgan fingerprint density at radius 3 is 2.74 bits per heavy atom. The second-order valence-electron chi connectivity index (χ2n) is 5.86. The van der Waals surface area contributed by atoms with Crippen LogP contribution in [-0.2, 0) is 4.79 Å². The molecule has 0 atom stereocenters. The van der Waals surface area contributed by atoms with Gasteiger partial charge in [0.1, 0.15) is 5.75 Å². The Kier molecular flexibility index (Phi) is 7.10. The molecule has 0 spiro atoms. The molecule has 0 unspecified atom stereocenters.